The zero-order chi connectivity index (χ0) is 20.6. The Morgan fingerprint density at radius 2 is 1.59 bits per heavy atom. The molecule has 29 heavy (non-hydrogen) atoms. The number of rotatable bonds is 8. The van der Waals surface area contributed by atoms with Gasteiger partial charge in [-0.2, -0.15) is 0 Å². The van der Waals surface area contributed by atoms with Gasteiger partial charge in [0.15, 0.2) is 5.96 Å². The molecule has 0 amide bonds. The second-order valence-corrected chi connectivity index (χ2v) is 8.48. The van der Waals surface area contributed by atoms with Gasteiger partial charge in [0.2, 0.25) is 10.0 Å². The van der Waals surface area contributed by atoms with E-state index in [4.69, 9.17) is 4.74 Å². The highest BCUT2D eigenvalue weighted by molar-refractivity contribution is 14.0. The Morgan fingerprint density at radius 3 is 2.10 bits per heavy atom. The molecule has 0 bridgehead atoms. The van der Waals surface area contributed by atoms with Crippen LogP contribution in [-0.2, 0) is 23.1 Å². The van der Waals surface area contributed by atoms with Crippen LogP contribution in [0.1, 0.15) is 18.1 Å². The average Bonchev–Trinajstić information content (AvgIpc) is 2.70. The molecule has 0 spiro atoms. The van der Waals surface area contributed by atoms with Gasteiger partial charge < -0.3 is 15.4 Å². The van der Waals surface area contributed by atoms with E-state index in [1.165, 1.54) is 18.4 Å². The van der Waals surface area contributed by atoms with Crippen molar-refractivity contribution in [3.63, 3.8) is 0 Å². The normalized spacial score (nSPS) is 11.7. The maximum absolute atomic E-state index is 12.1. The molecule has 0 aromatic heterocycles. The molecule has 0 aliphatic rings. The molecule has 2 N–H and O–H groups in total. The van der Waals surface area contributed by atoms with Crippen LogP contribution in [0.15, 0.2) is 58.4 Å². The summed E-state index contributed by atoms with van der Waals surface area (Å²) in [4.78, 5) is 4.86. The van der Waals surface area contributed by atoms with Gasteiger partial charge in [0.05, 0.1) is 18.6 Å². The van der Waals surface area contributed by atoms with E-state index in [1.807, 2.05) is 31.2 Å². The van der Waals surface area contributed by atoms with Crippen molar-refractivity contribution in [2.24, 2.45) is 4.99 Å². The molecule has 7 nitrogen and oxygen atoms in total. The zero-order valence-electron chi connectivity index (χ0n) is 17.2. The van der Waals surface area contributed by atoms with Gasteiger partial charge >= 0.3 is 0 Å². The maximum atomic E-state index is 12.1. The summed E-state index contributed by atoms with van der Waals surface area (Å²) >= 11 is 0. The molecule has 0 heterocycles. The number of methoxy groups -OCH3 is 1. The van der Waals surface area contributed by atoms with E-state index in [9.17, 15) is 8.42 Å². The fraction of sp³-hybridized carbons (Fsp3) is 0.350. The standard InChI is InChI=1S/C20H28N4O3S.HI/c1-5-21-20(22-14-16-6-10-18(27-4)11-7-16)23-15-17-8-12-19(13-9-17)28(25,26)24(2)3;/h6-13H,5,14-15H2,1-4H3,(H2,21,22,23);1H. The van der Waals surface area contributed by atoms with Crippen molar-refractivity contribution in [2.45, 2.75) is 24.9 Å². The molecule has 0 aliphatic heterocycles. The fourth-order valence-corrected chi connectivity index (χ4v) is 3.32. The second-order valence-electron chi connectivity index (χ2n) is 6.33. The lowest BCUT2D eigenvalue weighted by Gasteiger charge is -2.13. The number of halogens is 1. The van der Waals surface area contributed by atoms with Crippen LogP contribution in [0.25, 0.3) is 0 Å². The minimum absolute atomic E-state index is 0. The fourth-order valence-electron chi connectivity index (χ4n) is 2.42. The minimum Gasteiger partial charge on any atom is -0.497 e. The molecule has 0 atom stereocenters. The number of ether oxygens (including phenoxy) is 1. The highest BCUT2D eigenvalue weighted by atomic mass is 127. The first-order valence-electron chi connectivity index (χ1n) is 9.03. The number of guanidine groups is 1. The smallest absolute Gasteiger partial charge is 0.242 e. The van der Waals surface area contributed by atoms with Crippen molar-refractivity contribution in [2.75, 3.05) is 27.7 Å². The number of benzene rings is 2. The zero-order valence-corrected chi connectivity index (χ0v) is 20.3. The van der Waals surface area contributed by atoms with Gasteiger partial charge in [0.1, 0.15) is 5.75 Å². The summed E-state index contributed by atoms with van der Waals surface area (Å²) in [5, 5.41) is 6.47. The van der Waals surface area contributed by atoms with Gasteiger partial charge in [0, 0.05) is 27.2 Å². The molecular weight excluding hydrogens is 503 g/mol. The Bertz CT molecular complexity index is 883. The van der Waals surface area contributed by atoms with Crippen molar-refractivity contribution < 1.29 is 13.2 Å². The molecule has 2 aromatic carbocycles. The van der Waals surface area contributed by atoms with Crippen molar-refractivity contribution in [3.05, 3.63) is 59.7 Å². The largest absolute Gasteiger partial charge is 0.497 e. The monoisotopic (exact) mass is 532 g/mol. The molecule has 0 saturated heterocycles. The SMILES string of the molecule is CCNC(=NCc1ccc(OC)cc1)NCc1ccc(S(=O)(=O)N(C)C)cc1.I. The molecule has 0 radical (unpaired) electrons. The second kappa shape index (κ2) is 12.0. The molecule has 2 aromatic rings. The third-order valence-electron chi connectivity index (χ3n) is 4.08. The van der Waals surface area contributed by atoms with Gasteiger partial charge in [-0.25, -0.2) is 17.7 Å². The third-order valence-corrected chi connectivity index (χ3v) is 5.91. The summed E-state index contributed by atoms with van der Waals surface area (Å²) in [6.45, 7) is 3.83. The quantitative estimate of drug-likeness (QED) is 0.311. The van der Waals surface area contributed by atoms with Gasteiger partial charge in [-0.05, 0) is 42.3 Å². The number of aliphatic imine (C=N–C) groups is 1. The van der Waals surface area contributed by atoms with E-state index >= 15 is 0 Å². The predicted octanol–water partition coefficient (Wildman–Crippen LogP) is 2.82. The van der Waals surface area contributed by atoms with Crippen molar-refractivity contribution >= 4 is 40.0 Å². The Hall–Kier alpha value is -1.85. The Balaban J connectivity index is 0.00000420. The highest BCUT2D eigenvalue weighted by Crippen LogP contribution is 2.14. The van der Waals surface area contributed by atoms with Crippen LogP contribution in [-0.4, -0.2) is 46.4 Å². The molecule has 0 unspecified atom stereocenters. The minimum atomic E-state index is -3.41. The summed E-state index contributed by atoms with van der Waals surface area (Å²) in [5.74, 6) is 1.51. The number of hydrogen-bond donors (Lipinski definition) is 2. The van der Waals surface area contributed by atoms with Crippen LogP contribution in [0.5, 0.6) is 5.75 Å². The first-order valence-corrected chi connectivity index (χ1v) is 10.5. The van der Waals surface area contributed by atoms with Crippen LogP contribution in [0.2, 0.25) is 0 Å². The number of nitrogens with one attached hydrogen (secondary N) is 2. The van der Waals surface area contributed by atoms with Crippen LogP contribution in [0, 0.1) is 0 Å². The molecule has 0 fully saturated rings. The first kappa shape index (κ1) is 25.2. The lowest BCUT2D eigenvalue weighted by Crippen LogP contribution is -2.36. The first-order chi connectivity index (χ1) is 13.4. The van der Waals surface area contributed by atoms with E-state index in [0.29, 0.717) is 19.0 Å². The molecular formula is C20H29IN4O3S. The maximum Gasteiger partial charge on any atom is 0.242 e. The Kier molecular flexibility index (Phi) is 10.4. The molecule has 160 valence electrons. The number of sulfonamides is 1. The van der Waals surface area contributed by atoms with E-state index < -0.39 is 10.0 Å². The van der Waals surface area contributed by atoms with E-state index in [1.54, 1.807) is 31.4 Å². The summed E-state index contributed by atoms with van der Waals surface area (Å²) in [7, 11) is 1.27. The van der Waals surface area contributed by atoms with Gasteiger partial charge in [-0.1, -0.05) is 24.3 Å². The molecule has 0 aliphatic carbocycles. The molecule has 9 heteroatoms. The summed E-state index contributed by atoms with van der Waals surface area (Å²) in [6, 6.07) is 14.6. The third kappa shape index (κ3) is 7.48. The van der Waals surface area contributed by atoms with Crippen LogP contribution < -0.4 is 15.4 Å². The van der Waals surface area contributed by atoms with E-state index in [2.05, 4.69) is 15.6 Å². The number of nitrogens with zero attached hydrogens (tertiary/aromatic N) is 2. The predicted molar refractivity (Wildman–Crippen MR) is 127 cm³/mol. The van der Waals surface area contributed by atoms with Crippen LogP contribution in [0.4, 0.5) is 0 Å². The average molecular weight is 532 g/mol. The number of hydrogen-bond acceptors (Lipinski definition) is 4. The van der Waals surface area contributed by atoms with Gasteiger partial charge in [-0.3, -0.25) is 0 Å². The summed E-state index contributed by atoms with van der Waals surface area (Å²) < 4.78 is 30.6. The van der Waals surface area contributed by atoms with Crippen LogP contribution >= 0.6 is 24.0 Å². The lowest BCUT2D eigenvalue weighted by atomic mass is 10.2. The van der Waals surface area contributed by atoms with Gasteiger partial charge in [-0.15, -0.1) is 24.0 Å². The van der Waals surface area contributed by atoms with Crippen LogP contribution in [0.3, 0.4) is 0 Å². The van der Waals surface area contributed by atoms with Crippen molar-refractivity contribution in [1.82, 2.24) is 14.9 Å². The van der Waals surface area contributed by atoms with E-state index in [0.717, 1.165) is 23.4 Å². The topological polar surface area (TPSA) is 83.0 Å². The lowest BCUT2D eigenvalue weighted by molar-refractivity contribution is 0.414. The molecule has 2 rings (SSSR count). The van der Waals surface area contributed by atoms with Gasteiger partial charge in [0.25, 0.3) is 0 Å². The Morgan fingerprint density at radius 1 is 1.00 bits per heavy atom. The van der Waals surface area contributed by atoms with Crippen molar-refractivity contribution in [1.29, 1.82) is 0 Å². The summed E-state index contributed by atoms with van der Waals surface area (Å²) in [6.07, 6.45) is 0. The van der Waals surface area contributed by atoms with Crippen molar-refractivity contribution in [3.8, 4) is 5.75 Å². The Labute approximate surface area is 190 Å². The summed E-state index contributed by atoms with van der Waals surface area (Å²) in [5.41, 5.74) is 2.05. The highest BCUT2D eigenvalue weighted by Gasteiger charge is 2.16. The molecule has 0 saturated carbocycles. The van der Waals surface area contributed by atoms with E-state index in [-0.39, 0.29) is 28.9 Å².